The Morgan fingerprint density at radius 3 is 2.29 bits per heavy atom. The highest BCUT2D eigenvalue weighted by Crippen LogP contribution is 2.21. The van der Waals surface area contributed by atoms with Crippen molar-refractivity contribution in [3.05, 3.63) is 47.7 Å². The van der Waals surface area contributed by atoms with Crippen molar-refractivity contribution < 1.29 is 8.42 Å². The lowest BCUT2D eigenvalue weighted by molar-refractivity contribution is 0.594. The molecule has 1 heterocycles. The molecule has 0 radical (unpaired) electrons. The Balaban J connectivity index is 2.36. The van der Waals surface area contributed by atoms with Crippen LogP contribution in [0.2, 0.25) is 0 Å². The van der Waals surface area contributed by atoms with Crippen molar-refractivity contribution in [2.45, 2.75) is 17.6 Å². The van der Waals surface area contributed by atoms with E-state index in [1.165, 1.54) is 0 Å². The molecule has 6 heteroatoms. The Hall–Kier alpha value is -2.08. The third-order valence-corrected chi connectivity index (χ3v) is 4.80. The van der Waals surface area contributed by atoms with Gasteiger partial charge in [0.2, 0.25) is 0 Å². The van der Waals surface area contributed by atoms with Gasteiger partial charge in [-0.05, 0) is 31.2 Å². The number of nitrogen functional groups attached to an aromatic ring is 1. The minimum Gasteiger partial charge on any atom is -0.397 e. The molecule has 0 unspecified atom stereocenters. The summed E-state index contributed by atoms with van der Waals surface area (Å²) in [6, 6.07) is 10.2. The van der Waals surface area contributed by atoms with Crippen molar-refractivity contribution in [3.63, 3.8) is 0 Å². The van der Waals surface area contributed by atoms with Gasteiger partial charge in [0.05, 0.1) is 22.0 Å². The van der Waals surface area contributed by atoms with Gasteiger partial charge in [-0.1, -0.05) is 17.7 Å². The lowest BCUT2D eigenvalue weighted by Gasteiger charge is -2.14. The predicted octanol–water partition coefficient (Wildman–Crippen LogP) is 2.01. The van der Waals surface area contributed by atoms with Crippen LogP contribution in [0.4, 0.5) is 11.5 Å². The maximum atomic E-state index is 12.4. The van der Waals surface area contributed by atoms with Crippen LogP contribution in [-0.4, -0.2) is 27.5 Å². The number of benzene rings is 1. The number of aryl methyl sites for hydroxylation is 1. The van der Waals surface area contributed by atoms with Gasteiger partial charge in [-0.15, -0.1) is 0 Å². The minimum atomic E-state index is -3.46. The average Bonchev–Trinajstić information content (AvgIpc) is 2.41. The van der Waals surface area contributed by atoms with Crippen LogP contribution in [0.15, 0.2) is 41.3 Å². The maximum absolute atomic E-state index is 12.4. The van der Waals surface area contributed by atoms with E-state index in [0.29, 0.717) is 17.2 Å². The Bertz CT molecular complexity index is 738. The molecule has 5 nitrogen and oxygen atoms in total. The topological polar surface area (TPSA) is 76.3 Å². The zero-order valence-corrected chi connectivity index (χ0v) is 13.2. The number of rotatable bonds is 4. The molecule has 0 aliphatic heterocycles. The molecule has 1 aromatic carbocycles. The molecular formula is C15H19N3O2S. The van der Waals surface area contributed by atoms with Gasteiger partial charge in [0, 0.05) is 14.1 Å². The first-order valence-electron chi connectivity index (χ1n) is 6.52. The van der Waals surface area contributed by atoms with Gasteiger partial charge in [-0.2, -0.15) is 0 Å². The van der Waals surface area contributed by atoms with Gasteiger partial charge in [0.25, 0.3) is 0 Å². The van der Waals surface area contributed by atoms with Crippen LogP contribution in [0.3, 0.4) is 0 Å². The van der Waals surface area contributed by atoms with E-state index in [1.807, 2.05) is 21.0 Å². The van der Waals surface area contributed by atoms with Crippen LogP contribution in [0.5, 0.6) is 0 Å². The number of hydrogen-bond acceptors (Lipinski definition) is 5. The molecule has 0 fully saturated rings. The summed E-state index contributed by atoms with van der Waals surface area (Å²) in [6.45, 7) is 1.91. The van der Waals surface area contributed by atoms with Gasteiger partial charge < -0.3 is 10.6 Å². The molecule has 0 spiro atoms. The molecule has 0 aliphatic carbocycles. The second-order valence-electron chi connectivity index (χ2n) is 5.17. The summed E-state index contributed by atoms with van der Waals surface area (Å²) in [5, 5.41) is 0. The molecule has 0 amide bonds. The lowest BCUT2D eigenvalue weighted by Crippen LogP contribution is -2.14. The smallest absolute Gasteiger partial charge is 0.184 e. The van der Waals surface area contributed by atoms with E-state index >= 15 is 0 Å². The van der Waals surface area contributed by atoms with Gasteiger partial charge in [-0.3, -0.25) is 0 Å². The lowest BCUT2D eigenvalue weighted by atomic mass is 10.2. The van der Waals surface area contributed by atoms with Crippen LogP contribution in [-0.2, 0) is 15.6 Å². The molecule has 2 aromatic rings. The first kappa shape index (κ1) is 15.3. The molecule has 0 bridgehead atoms. The second-order valence-corrected chi connectivity index (χ2v) is 7.16. The van der Waals surface area contributed by atoms with Crippen molar-refractivity contribution in [1.29, 1.82) is 0 Å². The van der Waals surface area contributed by atoms with E-state index in [-0.39, 0.29) is 10.6 Å². The Labute approximate surface area is 125 Å². The zero-order chi connectivity index (χ0) is 15.6. The molecule has 21 heavy (non-hydrogen) atoms. The summed E-state index contributed by atoms with van der Waals surface area (Å²) >= 11 is 0. The summed E-state index contributed by atoms with van der Waals surface area (Å²) in [5.41, 5.74) is 7.63. The molecule has 0 saturated carbocycles. The third-order valence-electron chi connectivity index (χ3n) is 3.16. The standard InChI is InChI=1S/C15H19N3O2S/c1-11-4-6-12(7-5-11)21(19,20)10-14-13(16)8-9-15(17-14)18(2)3/h4-9H,10,16H2,1-3H3. The summed E-state index contributed by atoms with van der Waals surface area (Å²) in [7, 11) is 0.232. The maximum Gasteiger partial charge on any atom is 0.184 e. The Morgan fingerprint density at radius 1 is 1.10 bits per heavy atom. The van der Waals surface area contributed by atoms with E-state index in [9.17, 15) is 8.42 Å². The number of sulfone groups is 1. The number of hydrogen-bond donors (Lipinski definition) is 1. The quantitative estimate of drug-likeness (QED) is 0.935. The average molecular weight is 305 g/mol. The molecule has 0 saturated heterocycles. The van der Waals surface area contributed by atoms with Crippen LogP contribution in [0.1, 0.15) is 11.3 Å². The van der Waals surface area contributed by atoms with E-state index in [2.05, 4.69) is 4.98 Å². The highest BCUT2D eigenvalue weighted by molar-refractivity contribution is 7.90. The monoisotopic (exact) mass is 305 g/mol. The van der Waals surface area contributed by atoms with Crippen molar-refractivity contribution in [2.75, 3.05) is 24.7 Å². The number of anilines is 2. The summed E-state index contributed by atoms with van der Waals surface area (Å²) in [4.78, 5) is 6.41. The van der Waals surface area contributed by atoms with Crippen molar-refractivity contribution >= 4 is 21.3 Å². The fraction of sp³-hybridized carbons (Fsp3) is 0.267. The van der Waals surface area contributed by atoms with Crippen molar-refractivity contribution in [2.24, 2.45) is 0 Å². The summed E-state index contributed by atoms with van der Waals surface area (Å²) in [6.07, 6.45) is 0. The Kier molecular flexibility index (Phi) is 4.18. The first-order chi connectivity index (χ1) is 9.79. The van der Waals surface area contributed by atoms with Gasteiger partial charge in [-0.25, -0.2) is 13.4 Å². The number of aromatic nitrogens is 1. The van der Waals surface area contributed by atoms with Crippen molar-refractivity contribution in [3.8, 4) is 0 Å². The molecule has 112 valence electrons. The van der Waals surface area contributed by atoms with E-state index in [0.717, 1.165) is 5.56 Å². The molecule has 2 rings (SSSR count). The summed E-state index contributed by atoms with van der Waals surface area (Å²) < 4.78 is 24.9. The normalized spacial score (nSPS) is 11.4. The van der Waals surface area contributed by atoms with Crippen LogP contribution < -0.4 is 10.6 Å². The van der Waals surface area contributed by atoms with Crippen LogP contribution >= 0.6 is 0 Å². The van der Waals surface area contributed by atoms with Gasteiger partial charge in [0.1, 0.15) is 5.82 Å². The van der Waals surface area contributed by atoms with Gasteiger partial charge >= 0.3 is 0 Å². The second kappa shape index (κ2) is 5.73. The number of nitrogens with zero attached hydrogens (tertiary/aromatic N) is 2. The third kappa shape index (κ3) is 3.52. The van der Waals surface area contributed by atoms with E-state index in [4.69, 9.17) is 5.73 Å². The molecule has 2 N–H and O–H groups in total. The highest BCUT2D eigenvalue weighted by atomic mass is 32.2. The molecule has 1 aromatic heterocycles. The fourth-order valence-electron chi connectivity index (χ4n) is 1.87. The van der Waals surface area contributed by atoms with Crippen LogP contribution in [0.25, 0.3) is 0 Å². The summed E-state index contributed by atoms with van der Waals surface area (Å²) in [5.74, 6) is 0.474. The molecule has 0 aliphatic rings. The van der Waals surface area contributed by atoms with E-state index < -0.39 is 9.84 Å². The number of nitrogens with two attached hydrogens (primary N) is 1. The zero-order valence-electron chi connectivity index (χ0n) is 12.4. The van der Waals surface area contributed by atoms with Crippen LogP contribution in [0, 0.1) is 6.92 Å². The molecule has 0 atom stereocenters. The largest absolute Gasteiger partial charge is 0.397 e. The van der Waals surface area contributed by atoms with E-state index in [1.54, 1.807) is 41.3 Å². The minimum absolute atomic E-state index is 0.205. The highest BCUT2D eigenvalue weighted by Gasteiger charge is 2.18. The fourth-order valence-corrected chi connectivity index (χ4v) is 3.18. The SMILES string of the molecule is Cc1ccc(S(=O)(=O)Cc2nc(N(C)C)ccc2N)cc1. The number of pyridine rings is 1. The van der Waals surface area contributed by atoms with Crippen molar-refractivity contribution in [1.82, 2.24) is 4.98 Å². The predicted molar refractivity (Wildman–Crippen MR) is 85.0 cm³/mol. The first-order valence-corrected chi connectivity index (χ1v) is 8.17. The Morgan fingerprint density at radius 2 is 1.71 bits per heavy atom. The molecular weight excluding hydrogens is 286 g/mol. The van der Waals surface area contributed by atoms with Gasteiger partial charge in [0.15, 0.2) is 9.84 Å².